The van der Waals surface area contributed by atoms with Gasteiger partial charge in [-0.15, -0.1) is 0 Å². The van der Waals surface area contributed by atoms with Gasteiger partial charge < -0.3 is 10.1 Å². The Morgan fingerprint density at radius 1 is 1.23 bits per heavy atom. The molecule has 0 radical (unpaired) electrons. The van der Waals surface area contributed by atoms with Gasteiger partial charge in [0.2, 0.25) is 15.9 Å². The number of anilines is 1. The zero-order valence-electron chi connectivity index (χ0n) is 16.4. The molecule has 1 N–H and O–H groups in total. The quantitative estimate of drug-likeness (QED) is 0.639. The molecule has 158 valence electrons. The summed E-state index contributed by atoms with van der Waals surface area (Å²) in [7, 11) is -3.84. The van der Waals surface area contributed by atoms with Gasteiger partial charge in [0.15, 0.2) is 5.52 Å². The van der Waals surface area contributed by atoms with E-state index in [4.69, 9.17) is 4.74 Å². The number of aromatic nitrogens is 2. The summed E-state index contributed by atoms with van der Waals surface area (Å²) in [5, 5.41) is 10.3. The summed E-state index contributed by atoms with van der Waals surface area (Å²) in [4.78, 5) is 12.8. The van der Waals surface area contributed by atoms with E-state index in [9.17, 15) is 13.2 Å². The fourth-order valence-corrected chi connectivity index (χ4v) is 5.21. The van der Waals surface area contributed by atoms with E-state index in [2.05, 4.69) is 20.3 Å². The summed E-state index contributed by atoms with van der Waals surface area (Å²) in [5.74, 6) is 0.0667. The molecule has 2 aromatic carbocycles. The summed E-state index contributed by atoms with van der Waals surface area (Å²) in [6, 6.07) is 11.8. The molecule has 0 unspecified atom stereocenters. The number of benzene rings is 2. The van der Waals surface area contributed by atoms with Crippen LogP contribution < -0.4 is 10.1 Å². The third-order valence-corrected chi connectivity index (χ3v) is 6.95. The van der Waals surface area contributed by atoms with Gasteiger partial charge in [-0.3, -0.25) is 4.79 Å². The van der Waals surface area contributed by atoms with Crippen molar-refractivity contribution < 1.29 is 22.6 Å². The van der Waals surface area contributed by atoms with Crippen molar-refractivity contribution in [3.05, 3.63) is 42.5 Å². The molecule has 0 bridgehead atoms. The summed E-state index contributed by atoms with van der Waals surface area (Å²) in [5.41, 5.74) is 1.21. The van der Waals surface area contributed by atoms with Gasteiger partial charge >= 0.3 is 0 Å². The standard InChI is InChI=1S/C20H22N4O5S/c1-2-28-16-10-8-15(9-11-16)21-20(25)14-5-4-12-24(13-14)30(26,27)18-7-3-6-17-19(18)23-29-22-17/h3,6-11,14H,2,4-5,12-13H2,1H3,(H,21,25)/t14-/m0/s1. The van der Waals surface area contributed by atoms with E-state index in [-0.39, 0.29) is 22.9 Å². The highest BCUT2D eigenvalue weighted by molar-refractivity contribution is 7.89. The Kier molecular flexibility index (Phi) is 5.69. The summed E-state index contributed by atoms with van der Waals surface area (Å²) < 4.78 is 37.8. The number of carbonyl (C=O) groups is 1. The van der Waals surface area contributed by atoms with E-state index in [0.29, 0.717) is 37.2 Å². The minimum absolute atomic E-state index is 0.0359. The van der Waals surface area contributed by atoms with Gasteiger partial charge in [0.05, 0.1) is 12.5 Å². The molecule has 1 fully saturated rings. The van der Waals surface area contributed by atoms with E-state index < -0.39 is 15.9 Å². The van der Waals surface area contributed by atoms with Crippen LogP contribution >= 0.6 is 0 Å². The fraction of sp³-hybridized carbons (Fsp3) is 0.350. The molecule has 0 saturated carbocycles. The van der Waals surface area contributed by atoms with Crippen LogP contribution in [0.2, 0.25) is 0 Å². The Bertz CT molecular complexity index is 1140. The SMILES string of the molecule is CCOc1ccc(NC(=O)[C@H]2CCCN(S(=O)(=O)c3cccc4nonc34)C2)cc1. The first-order chi connectivity index (χ1) is 14.5. The number of nitrogens with one attached hydrogen (secondary N) is 1. The van der Waals surface area contributed by atoms with Crippen molar-refractivity contribution in [3.8, 4) is 5.75 Å². The van der Waals surface area contributed by atoms with E-state index in [1.54, 1.807) is 36.4 Å². The first-order valence-corrected chi connectivity index (χ1v) is 11.2. The van der Waals surface area contributed by atoms with E-state index in [1.165, 1.54) is 10.4 Å². The van der Waals surface area contributed by atoms with Crippen molar-refractivity contribution in [2.24, 2.45) is 5.92 Å². The number of hydrogen-bond acceptors (Lipinski definition) is 7. The van der Waals surface area contributed by atoms with Crippen LogP contribution in [0.4, 0.5) is 5.69 Å². The normalized spacial score (nSPS) is 17.7. The lowest BCUT2D eigenvalue weighted by Gasteiger charge is -2.31. The van der Waals surface area contributed by atoms with E-state index in [0.717, 1.165) is 5.75 Å². The number of sulfonamides is 1. The average Bonchev–Trinajstić information content (AvgIpc) is 3.24. The number of carbonyl (C=O) groups excluding carboxylic acids is 1. The number of nitrogens with zero attached hydrogens (tertiary/aromatic N) is 3. The van der Waals surface area contributed by atoms with Gasteiger partial charge in [0, 0.05) is 18.8 Å². The average molecular weight is 430 g/mol. The van der Waals surface area contributed by atoms with Crippen LogP contribution in [0.3, 0.4) is 0 Å². The Hall–Kier alpha value is -2.98. The molecule has 2 heterocycles. The Morgan fingerprint density at radius 2 is 2.03 bits per heavy atom. The van der Waals surface area contributed by atoms with Gasteiger partial charge in [-0.25, -0.2) is 13.0 Å². The largest absolute Gasteiger partial charge is 0.494 e. The summed E-state index contributed by atoms with van der Waals surface area (Å²) in [6.45, 7) is 2.91. The van der Waals surface area contributed by atoms with Gasteiger partial charge in [-0.1, -0.05) is 6.07 Å². The monoisotopic (exact) mass is 430 g/mol. The molecule has 3 aromatic rings. The second-order valence-electron chi connectivity index (χ2n) is 7.04. The summed E-state index contributed by atoms with van der Waals surface area (Å²) in [6.07, 6.45) is 1.21. The van der Waals surface area contributed by atoms with Crippen LogP contribution in [-0.4, -0.2) is 48.6 Å². The molecule has 1 saturated heterocycles. The Morgan fingerprint density at radius 3 is 2.80 bits per heavy atom. The van der Waals surface area contributed by atoms with Gasteiger partial charge in [0.25, 0.3) is 0 Å². The Balaban J connectivity index is 1.48. The van der Waals surface area contributed by atoms with Crippen molar-refractivity contribution in [1.29, 1.82) is 0 Å². The number of rotatable bonds is 6. The Labute approximate surface area is 174 Å². The predicted molar refractivity (Wildman–Crippen MR) is 110 cm³/mol. The predicted octanol–water partition coefficient (Wildman–Crippen LogP) is 2.66. The molecule has 1 aliphatic heterocycles. The molecule has 0 aliphatic carbocycles. The highest BCUT2D eigenvalue weighted by Crippen LogP contribution is 2.28. The van der Waals surface area contributed by atoms with Gasteiger partial charge in [-0.05, 0) is 66.5 Å². The lowest BCUT2D eigenvalue weighted by Crippen LogP contribution is -2.43. The maximum atomic E-state index is 13.2. The molecule has 1 amide bonds. The molecule has 1 aromatic heterocycles. The summed E-state index contributed by atoms with van der Waals surface area (Å²) >= 11 is 0. The molecule has 1 atom stereocenters. The number of ether oxygens (including phenoxy) is 1. The first-order valence-electron chi connectivity index (χ1n) is 9.74. The highest BCUT2D eigenvalue weighted by Gasteiger charge is 2.34. The van der Waals surface area contributed by atoms with Crippen LogP contribution in [0.5, 0.6) is 5.75 Å². The lowest BCUT2D eigenvalue weighted by atomic mass is 9.99. The lowest BCUT2D eigenvalue weighted by molar-refractivity contribution is -0.120. The fourth-order valence-electron chi connectivity index (χ4n) is 3.55. The van der Waals surface area contributed by atoms with Crippen LogP contribution in [0, 0.1) is 5.92 Å². The topological polar surface area (TPSA) is 115 Å². The van der Waals surface area contributed by atoms with Crippen molar-refractivity contribution in [1.82, 2.24) is 14.6 Å². The third kappa shape index (κ3) is 4.01. The van der Waals surface area contributed by atoms with Crippen molar-refractivity contribution >= 4 is 32.7 Å². The maximum absolute atomic E-state index is 13.2. The third-order valence-electron chi connectivity index (χ3n) is 5.05. The number of fused-ring (bicyclic) bond motifs is 1. The molecule has 0 spiro atoms. The molecule has 10 heteroatoms. The minimum atomic E-state index is -3.84. The molecular formula is C20H22N4O5S. The number of amides is 1. The molecule has 9 nitrogen and oxygen atoms in total. The van der Waals surface area contributed by atoms with Gasteiger partial charge in [0.1, 0.15) is 16.2 Å². The maximum Gasteiger partial charge on any atom is 0.245 e. The first kappa shape index (κ1) is 20.3. The molecule has 4 rings (SSSR count). The minimum Gasteiger partial charge on any atom is -0.494 e. The second kappa shape index (κ2) is 8.41. The molecule has 1 aliphatic rings. The van der Waals surface area contributed by atoms with Crippen LogP contribution in [0.1, 0.15) is 19.8 Å². The molecule has 30 heavy (non-hydrogen) atoms. The van der Waals surface area contributed by atoms with E-state index in [1.807, 2.05) is 6.92 Å². The number of hydrogen-bond donors (Lipinski definition) is 1. The molecular weight excluding hydrogens is 408 g/mol. The van der Waals surface area contributed by atoms with Crippen molar-refractivity contribution in [2.45, 2.75) is 24.7 Å². The van der Waals surface area contributed by atoms with E-state index >= 15 is 0 Å². The zero-order chi connectivity index (χ0) is 21.1. The van der Waals surface area contributed by atoms with Gasteiger partial charge in [-0.2, -0.15) is 4.31 Å². The van der Waals surface area contributed by atoms with Crippen LogP contribution in [0.25, 0.3) is 11.0 Å². The smallest absolute Gasteiger partial charge is 0.245 e. The van der Waals surface area contributed by atoms with Crippen LogP contribution in [0.15, 0.2) is 52.0 Å². The van der Waals surface area contributed by atoms with Crippen LogP contribution in [-0.2, 0) is 14.8 Å². The second-order valence-corrected chi connectivity index (χ2v) is 8.94. The van der Waals surface area contributed by atoms with Crippen molar-refractivity contribution in [3.63, 3.8) is 0 Å². The number of piperidine rings is 1. The van der Waals surface area contributed by atoms with Crippen molar-refractivity contribution in [2.75, 3.05) is 25.0 Å². The highest BCUT2D eigenvalue weighted by atomic mass is 32.2. The zero-order valence-corrected chi connectivity index (χ0v) is 17.3.